The SMILES string of the molecule is O=[N+]([O-])c1ccc(-c2nn3ccc4ccccc4c3c2-c2ccccc2)cc1. The van der Waals surface area contributed by atoms with E-state index in [9.17, 15) is 10.1 Å². The molecule has 3 aromatic carbocycles. The molecule has 0 amide bonds. The molecule has 0 N–H and O–H groups in total. The Labute approximate surface area is 160 Å². The number of rotatable bonds is 3. The molecule has 0 radical (unpaired) electrons. The fourth-order valence-corrected chi connectivity index (χ4v) is 3.63. The van der Waals surface area contributed by atoms with Crippen LogP contribution >= 0.6 is 0 Å². The normalized spacial score (nSPS) is 11.1. The summed E-state index contributed by atoms with van der Waals surface area (Å²) in [5.41, 5.74) is 4.82. The Morgan fingerprint density at radius 2 is 1.50 bits per heavy atom. The van der Waals surface area contributed by atoms with Gasteiger partial charge in [0.05, 0.1) is 10.4 Å². The lowest BCUT2D eigenvalue weighted by molar-refractivity contribution is -0.384. The highest BCUT2D eigenvalue weighted by atomic mass is 16.6. The monoisotopic (exact) mass is 365 g/mol. The lowest BCUT2D eigenvalue weighted by Crippen LogP contribution is -1.88. The van der Waals surface area contributed by atoms with E-state index in [2.05, 4.69) is 24.3 Å². The number of nitro benzene ring substituents is 1. The van der Waals surface area contributed by atoms with Crippen LogP contribution in [0.25, 0.3) is 38.7 Å². The van der Waals surface area contributed by atoms with Crippen molar-refractivity contribution < 1.29 is 4.92 Å². The second-order valence-corrected chi connectivity index (χ2v) is 6.59. The van der Waals surface area contributed by atoms with Gasteiger partial charge in [-0.1, -0.05) is 54.6 Å². The molecule has 0 aliphatic rings. The summed E-state index contributed by atoms with van der Waals surface area (Å²) in [6, 6.07) is 26.9. The van der Waals surface area contributed by atoms with Gasteiger partial charge in [-0.3, -0.25) is 10.1 Å². The Bertz CT molecular complexity index is 1320. The molecular formula is C23H15N3O2. The van der Waals surface area contributed by atoms with E-state index in [4.69, 9.17) is 5.10 Å². The van der Waals surface area contributed by atoms with Gasteiger partial charge in [-0.05, 0) is 29.1 Å². The zero-order valence-corrected chi connectivity index (χ0v) is 14.8. The highest BCUT2D eigenvalue weighted by Crippen LogP contribution is 2.38. The van der Waals surface area contributed by atoms with E-state index in [1.54, 1.807) is 12.1 Å². The summed E-state index contributed by atoms with van der Waals surface area (Å²) in [5, 5.41) is 18.1. The van der Waals surface area contributed by atoms with E-state index in [0.717, 1.165) is 38.7 Å². The molecule has 5 nitrogen and oxygen atoms in total. The van der Waals surface area contributed by atoms with Crippen molar-refractivity contribution in [2.75, 3.05) is 0 Å². The van der Waals surface area contributed by atoms with Crippen LogP contribution in [0.5, 0.6) is 0 Å². The fraction of sp³-hybridized carbons (Fsp3) is 0. The quantitative estimate of drug-likeness (QED) is 0.303. The summed E-state index contributed by atoms with van der Waals surface area (Å²) in [5.74, 6) is 0. The highest BCUT2D eigenvalue weighted by molar-refractivity contribution is 6.06. The molecular weight excluding hydrogens is 350 g/mol. The lowest BCUT2D eigenvalue weighted by atomic mass is 9.97. The number of aromatic nitrogens is 2. The fourth-order valence-electron chi connectivity index (χ4n) is 3.63. The maximum atomic E-state index is 11.0. The minimum Gasteiger partial charge on any atom is -0.258 e. The summed E-state index contributed by atoms with van der Waals surface area (Å²) in [4.78, 5) is 10.6. The molecule has 5 heteroatoms. The number of fused-ring (bicyclic) bond motifs is 3. The van der Waals surface area contributed by atoms with Gasteiger partial charge >= 0.3 is 0 Å². The minimum absolute atomic E-state index is 0.0687. The van der Waals surface area contributed by atoms with E-state index in [0.29, 0.717) is 0 Å². The third-order valence-electron chi connectivity index (χ3n) is 4.94. The maximum absolute atomic E-state index is 11.0. The van der Waals surface area contributed by atoms with Gasteiger partial charge in [-0.15, -0.1) is 0 Å². The maximum Gasteiger partial charge on any atom is 0.269 e. The summed E-state index contributed by atoms with van der Waals surface area (Å²) in [7, 11) is 0. The van der Waals surface area contributed by atoms with Crippen molar-refractivity contribution >= 4 is 22.0 Å². The molecule has 0 saturated heterocycles. The van der Waals surface area contributed by atoms with E-state index in [-0.39, 0.29) is 10.6 Å². The molecule has 0 atom stereocenters. The van der Waals surface area contributed by atoms with Crippen LogP contribution in [-0.4, -0.2) is 14.5 Å². The van der Waals surface area contributed by atoms with Crippen LogP contribution in [0.1, 0.15) is 0 Å². The first-order valence-electron chi connectivity index (χ1n) is 8.93. The Morgan fingerprint density at radius 3 is 2.25 bits per heavy atom. The molecule has 0 unspecified atom stereocenters. The average Bonchev–Trinajstić information content (AvgIpc) is 3.14. The van der Waals surface area contributed by atoms with Crippen molar-refractivity contribution in [3.63, 3.8) is 0 Å². The van der Waals surface area contributed by atoms with E-state index >= 15 is 0 Å². The Hall–Kier alpha value is -3.99. The third kappa shape index (κ3) is 2.53. The van der Waals surface area contributed by atoms with Crippen molar-refractivity contribution in [2.24, 2.45) is 0 Å². The van der Waals surface area contributed by atoms with E-state index in [1.807, 2.05) is 47.1 Å². The van der Waals surface area contributed by atoms with E-state index in [1.165, 1.54) is 12.1 Å². The van der Waals surface area contributed by atoms with Crippen molar-refractivity contribution in [1.82, 2.24) is 9.61 Å². The average molecular weight is 365 g/mol. The molecule has 28 heavy (non-hydrogen) atoms. The molecule has 0 fully saturated rings. The van der Waals surface area contributed by atoms with Crippen LogP contribution in [0, 0.1) is 10.1 Å². The van der Waals surface area contributed by atoms with Crippen LogP contribution in [0.4, 0.5) is 5.69 Å². The van der Waals surface area contributed by atoms with Gasteiger partial charge < -0.3 is 0 Å². The Balaban J connectivity index is 1.86. The highest BCUT2D eigenvalue weighted by Gasteiger charge is 2.19. The molecule has 0 spiro atoms. The zero-order chi connectivity index (χ0) is 19.1. The third-order valence-corrected chi connectivity index (χ3v) is 4.94. The van der Waals surface area contributed by atoms with Gasteiger partial charge in [0.2, 0.25) is 0 Å². The number of hydrogen-bond acceptors (Lipinski definition) is 3. The van der Waals surface area contributed by atoms with Crippen molar-refractivity contribution in [1.29, 1.82) is 0 Å². The number of nitro groups is 1. The second-order valence-electron chi connectivity index (χ2n) is 6.59. The van der Waals surface area contributed by atoms with Crippen LogP contribution < -0.4 is 0 Å². The van der Waals surface area contributed by atoms with E-state index < -0.39 is 0 Å². The summed E-state index contributed by atoms with van der Waals surface area (Å²) >= 11 is 0. The Morgan fingerprint density at radius 1 is 0.786 bits per heavy atom. The first kappa shape index (κ1) is 16.2. The lowest BCUT2D eigenvalue weighted by Gasteiger charge is -2.06. The molecule has 2 aromatic heterocycles. The minimum atomic E-state index is -0.390. The molecule has 0 aliphatic carbocycles. The molecule has 134 valence electrons. The number of pyridine rings is 1. The van der Waals surface area contributed by atoms with Crippen LogP contribution in [0.2, 0.25) is 0 Å². The predicted octanol–water partition coefficient (Wildman–Crippen LogP) is 5.73. The van der Waals surface area contributed by atoms with Crippen molar-refractivity contribution in [3.05, 3.63) is 101 Å². The molecule has 0 aliphatic heterocycles. The van der Waals surface area contributed by atoms with Crippen LogP contribution in [0.3, 0.4) is 0 Å². The topological polar surface area (TPSA) is 60.4 Å². The first-order valence-corrected chi connectivity index (χ1v) is 8.93. The summed E-state index contributed by atoms with van der Waals surface area (Å²) in [6.45, 7) is 0. The van der Waals surface area contributed by atoms with Crippen molar-refractivity contribution in [2.45, 2.75) is 0 Å². The molecule has 0 saturated carbocycles. The molecule has 2 heterocycles. The summed E-state index contributed by atoms with van der Waals surface area (Å²) < 4.78 is 1.89. The molecule has 0 bridgehead atoms. The summed E-state index contributed by atoms with van der Waals surface area (Å²) in [6.07, 6.45) is 1.96. The van der Waals surface area contributed by atoms with Gasteiger partial charge in [-0.25, -0.2) is 4.52 Å². The van der Waals surface area contributed by atoms with Crippen LogP contribution in [-0.2, 0) is 0 Å². The largest absolute Gasteiger partial charge is 0.269 e. The number of non-ortho nitro benzene ring substituents is 1. The predicted molar refractivity (Wildman–Crippen MR) is 110 cm³/mol. The number of nitrogens with zero attached hydrogens (tertiary/aromatic N) is 3. The molecule has 5 aromatic rings. The second kappa shape index (κ2) is 6.32. The Kier molecular flexibility index (Phi) is 3.66. The van der Waals surface area contributed by atoms with Gasteiger partial charge in [0.25, 0.3) is 5.69 Å². The number of benzene rings is 3. The standard InChI is InChI=1S/C23H15N3O2/c27-26(28)19-12-10-18(11-13-19)22-21(17-7-2-1-3-8-17)23-20-9-5-4-6-16(20)14-15-25(23)24-22/h1-15H. The smallest absolute Gasteiger partial charge is 0.258 e. The first-order chi connectivity index (χ1) is 13.7. The molecule has 5 rings (SSSR count). The van der Waals surface area contributed by atoms with Crippen LogP contribution in [0.15, 0.2) is 91.1 Å². The zero-order valence-electron chi connectivity index (χ0n) is 14.8. The number of hydrogen-bond donors (Lipinski definition) is 0. The van der Waals surface area contributed by atoms with Gasteiger partial charge in [0, 0.05) is 34.8 Å². The van der Waals surface area contributed by atoms with Crippen molar-refractivity contribution in [3.8, 4) is 22.4 Å². The van der Waals surface area contributed by atoms with Gasteiger partial charge in [0.15, 0.2) is 0 Å². The van der Waals surface area contributed by atoms with Gasteiger partial charge in [0.1, 0.15) is 5.69 Å². The van der Waals surface area contributed by atoms with Gasteiger partial charge in [-0.2, -0.15) is 5.10 Å².